The number of aliphatic hydroxyl groups is 1. The molecule has 38 heavy (non-hydrogen) atoms. The number of ketones is 1. The van der Waals surface area contributed by atoms with Gasteiger partial charge in [-0.15, -0.1) is 0 Å². The normalized spacial score (nSPS) is 18.7. The van der Waals surface area contributed by atoms with Gasteiger partial charge < -0.3 is 19.6 Å². The Morgan fingerprint density at radius 1 is 0.868 bits per heavy atom. The summed E-state index contributed by atoms with van der Waals surface area (Å²) in [6, 6.07) is 23.9. The predicted octanol–water partition coefficient (Wildman–Crippen LogP) is 5.27. The molecule has 2 fully saturated rings. The van der Waals surface area contributed by atoms with Crippen molar-refractivity contribution >= 4 is 11.5 Å². The van der Waals surface area contributed by atoms with Gasteiger partial charge in [0.25, 0.3) is 0 Å². The lowest BCUT2D eigenvalue weighted by molar-refractivity contribution is -0.0143. The van der Waals surface area contributed by atoms with Crippen molar-refractivity contribution in [2.45, 2.75) is 31.3 Å². The van der Waals surface area contributed by atoms with E-state index < -0.39 is 5.60 Å². The van der Waals surface area contributed by atoms with Gasteiger partial charge in [0.2, 0.25) is 0 Å². The first kappa shape index (κ1) is 26.5. The number of halogens is 1. The molecule has 1 atom stereocenters. The molecule has 200 valence electrons. The molecule has 0 radical (unpaired) electrons. The first-order chi connectivity index (χ1) is 18.5. The van der Waals surface area contributed by atoms with E-state index in [1.807, 2.05) is 54.6 Å². The van der Waals surface area contributed by atoms with Crippen LogP contribution in [-0.2, 0) is 10.3 Å². The van der Waals surface area contributed by atoms with Crippen molar-refractivity contribution in [3.8, 4) is 0 Å². The SMILES string of the molecule is O=C(CCCN1CCC(C(O)(c2ccccc2)c2ccc(F)cc2)CC1)c1ccc(N2CCOCC2)cc1. The van der Waals surface area contributed by atoms with Crippen LogP contribution in [0.4, 0.5) is 10.1 Å². The quantitative estimate of drug-likeness (QED) is 0.393. The number of nitrogens with zero attached hydrogens (tertiary/aromatic N) is 2. The molecule has 0 amide bonds. The van der Waals surface area contributed by atoms with Gasteiger partial charge >= 0.3 is 0 Å². The molecule has 0 aromatic heterocycles. The number of piperidine rings is 1. The summed E-state index contributed by atoms with van der Waals surface area (Å²) in [5, 5.41) is 12.0. The number of carbonyl (C=O) groups is 1. The zero-order valence-electron chi connectivity index (χ0n) is 21.9. The molecule has 0 bridgehead atoms. The van der Waals surface area contributed by atoms with E-state index in [2.05, 4.69) is 9.80 Å². The summed E-state index contributed by atoms with van der Waals surface area (Å²) in [7, 11) is 0. The van der Waals surface area contributed by atoms with Crippen LogP contribution in [-0.4, -0.2) is 61.7 Å². The standard InChI is InChI=1S/C32H37FN2O3/c33-29-12-10-27(11-13-29)32(37,26-5-2-1-3-6-26)28-16-19-34(20-17-28)18-4-7-31(36)25-8-14-30(15-9-25)35-21-23-38-24-22-35/h1-3,5-6,8-15,28,37H,4,7,16-24H2. The zero-order valence-corrected chi connectivity index (χ0v) is 21.9. The van der Waals surface area contributed by atoms with Gasteiger partial charge in [-0.1, -0.05) is 42.5 Å². The van der Waals surface area contributed by atoms with Crippen LogP contribution in [0.5, 0.6) is 0 Å². The highest BCUT2D eigenvalue weighted by Gasteiger charge is 2.41. The minimum atomic E-state index is -1.16. The number of likely N-dealkylation sites (tertiary alicyclic amines) is 1. The number of ether oxygens (including phenoxy) is 1. The number of carbonyl (C=O) groups excluding carboxylic acids is 1. The number of hydrogen-bond acceptors (Lipinski definition) is 5. The highest BCUT2D eigenvalue weighted by Crippen LogP contribution is 2.42. The second-order valence-electron chi connectivity index (χ2n) is 10.4. The van der Waals surface area contributed by atoms with Crippen molar-refractivity contribution in [2.24, 2.45) is 5.92 Å². The molecule has 6 heteroatoms. The molecule has 0 spiro atoms. The van der Waals surface area contributed by atoms with Crippen LogP contribution in [0.3, 0.4) is 0 Å². The molecule has 1 N–H and O–H groups in total. The van der Waals surface area contributed by atoms with Gasteiger partial charge in [-0.25, -0.2) is 4.39 Å². The molecule has 2 aliphatic rings. The van der Waals surface area contributed by atoms with Gasteiger partial charge in [-0.2, -0.15) is 0 Å². The summed E-state index contributed by atoms with van der Waals surface area (Å²) >= 11 is 0. The number of rotatable bonds is 9. The summed E-state index contributed by atoms with van der Waals surface area (Å²) in [6.07, 6.45) is 3.01. The molecule has 1 unspecified atom stereocenters. The number of morpholine rings is 1. The average Bonchev–Trinajstić information content (AvgIpc) is 2.98. The van der Waals surface area contributed by atoms with E-state index in [1.54, 1.807) is 12.1 Å². The first-order valence-electron chi connectivity index (χ1n) is 13.8. The molecular weight excluding hydrogens is 479 g/mol. The Morgan fingerprint density at radius 2 is 1.50 bits per heavy atom. The van der Waals surface area contributed by atoms with Crippen LogP contribution in [0.2, 0.25) is 0 Å². The largest absolute Gasteiger partial charge is 0.380 e. The average molecular weight is 517 g/mol. The van der Waals surface area contributed by atoms with Gasteiger partial charge in [0, 0.05) is 30.8 Å². The Bertz CT molecular complexity index is 1170. The Morgan fingerprint density at radius 3 is 2.16 bits per heavy atom. The highest BCUT2D eigenvalue weighted by molar-refractivity contribution is 5.96. The van der Waals surface area contributed by atoms with E-state index in [0.717, 1.165) is 87.6 Å². The fraction of sp³-hybridized carbons (Fsp3) is 0.406. The van der Waals surface area contributed by atoms with Crippen molar-refractivity contribution in [3.63, 3.8) is 0 Å². The van der Waals surface area contributed by atoms with E-state index in [4.69, 9.17) is 4.74 Å². The van der Waals surface area contributed by atoms with Crippen LogP contribution in [0.25, 0.3) is 0 Å². The first-order valence-corrected chi connectivity index (χ1v) is 13.8. The molecule has 0 saturated carbocycles. The monoisotopic (exact) mass is 516 g/mol. The van der Waals surface area contributed by atoms with Crippen molar-refractivity contribution in [1.82, 2.24) is 4.90 Å². The minimum Gasteiger partial charge on any atom is -0.380 e. The molecule has 5 rings (SSSR count). The van der Waals surface area contributed by atoms with E-state index in [-0.39, 0.29) is 17.5 Å². The summed E-state index contributed by atoms with van der Waals surface area (Å²) in [6.45, 7) is 5.86. The predicted molar refractivity (Wildman–Crippen MR) is 148 cm³/mol. The Kier molecular flexibility index (Phi) is 8.52. The molecule has 2 heterocycles. The maximum absolute atomic E-state index is 13.6. The van der Waals surface area contributed by atoms with Crippen LogP contribution in [0, 0.1) is 11.7 Å². The molecule has 5 nitrogen and oxygen atoms in total. The summed E-state index contributed by atoms with van der Waals surface area (Å²) in [4.78, 5) is 17.5. The lowest BCUT2D eigenvalue weighted by atomic mass is 9.72. The molecule has 0 aliphatic carbocycles. The third kappa shape index (κ3) is 5.98. The lowest BCUT2D eigenvalue weighted by Crippen LogP contribution is -2.44. The van der Waals surface area contributed by atoms with Crippen molar-refractivity contribution in [2.75, 3.05) is 50.8 Å². The fourth-order valence-corrected chi connectivity index (χ4v) is 5.90. The highest BCUT2D eigenvalue weighted by atomic mass is 19.1. The molecule has 2 aliphatic heterocycles. The topological polar surface area (TPSA) is 53.0 Å². The third-order valence-corrected chi connectivity index (χ3v) is 8.12. The van der Waals surface area contributed by atoms with E-state index in [1.165, 1.54) is 12.1 Å². The Labute approximate surface area is 224 Å². The number of hydrogen-bond donors (Lipinski definition) is 1. The third-order valence-electron chi connectivity index (χ3n) is 8.12. The number of Topliss-reactive ketones (excluding diaryl/α,β-unsaturated/α-hetero) is 1. The molecular formula is C32H37FN2O3. The van der Waals surface area contributed by atoms with Gasteiger partial charge in [0.1, 0.15) is 11.4 Å². The van der Waals surface area contributed by atoms with Gasteiger partial charge in [-0.05, 0) is 92.3 Å². The molecule has 3 aromatic rings. The van der Waals surface area contributed by atoms with Gasteiger partial charge in [-0.3, -0.25) is 4.79 Å². The number of anilines is 1. The van der Waals surface area contributed by atoms with Crippen molar-refractivity contribution < 1.29 is 19.0 Å². The van der Waals surface area contributed by atoms with Crippen LogP contribution >= 0.6 is 0 Å². The van der Waals surface area contributed by atoms with Gasteiger partial charge in [0.05, 0.1) is 13.2 Å². The van der Waals surface area contributed by atoms with Gasteiger partial charge in [0.15, 0.2) is 5.78 Å². The smallest absolute Gasteiger partial charge is 0.162 e. The minimum absolute atomic E-state index is 0.0261. The summed E-state index contributed by atoms with van der Waals surface area (Å²) in [5.74, 6) is -0.0945. The Hall–Kier alpha value is -3.06. The fourth-order valence-electron chi connectivity index (χ4n) is 5.90. The van der Waals surface area contributed by atoms with Crippen molar-refractivity contribution in [3.05, 3.63) is 101 Å². The molecule has 3 aromatic carbocycles. The van der Waals surface area contributed by atoms with Crippen LogP contribution < -0.4 is 4.90 Å². The number of benzene rings is 3. The van der Waals surface area contributed by atoms with E-state index in [9.17, 15) is 14.3 Å². The van der Waals surface area contributed by atoms with Crippen LogP contribution in [0.1, 0.15) is 47.2 Å². The second-order valence-corrected chi connectivity index (χ2v) is 10.4. The van der Waals surface area contributed by atoms with Crippen LogP contribution in [0.15, 0.2) is 78.9 Å². The Balaban J connectivity index is 1.14. The zero-order chi connectivity index (χ0) is 26.4. The summed E-state index contributed by atoms with van der Waals surface area (Å²) < 4.78 is 19.1. The molecule has 2 saturated heterocycles. The summed E-state index contributed by atoms with van der Waals surface area (Å²) in [5.41, 5.74) is 2.32. The van der Waals surface area contributed by atoms with E-state index >= 15 is 0 Å². The second kappa shape index (κ2) is 12.2. The van der Waals surface area contributed by atoms with Crippen molar-refractivity contribution in [1.29, 1.82) is 0 Å². The van der Waals surface area contributed by atoms with E-state index in [0.29, 0.717) is 6.42 Å². The lowest BCUT2D eigenvalue weighted by Gasteiger charge is -2.42. The maximum atomic E-state index is 13.6. The maximum Gasteiger partial charge on any atom is 0.162 e.